The third kappa shape index (κ3) is 7.37. The Bertz CT molecular complexity index is 530. The molecule has 0 saturated heterocycles. The van der Waals surface area contributed by atoms with Gasteiger partial charge in [0, 0.05) is 31.5 Å². The number of amides is 1. The molecule has 1 amide bonds. The van der Waals surface area contributed by atoms with Crippen molar-refractivity contribution in [2.45, 2.75) is 38.5 Å². The Balaban J connectivity index is 2.19. The summed E-state index contributed by atoms with van der Waals surface area (Å²) in [6, 6.07) is 6.25. The maximum Gasteiger partial charge on any atom is 0.303 e. The number of nitro groups is 1. The number of aliphatic carboxylic acids is 1. The van der Waals surface area contributed by atoms with E-state index < -0.39 is 10.9 Å². The van der Waals surface area contributed by atoms with E-state index >= 15 is 0 Å². The molecule has 120 valence electrons. The Morgan fingerprint density at radius 1 is 1.18 bits per heavy atom. The van der Waals surface area contributed by atoms with Gasteiger partial charge in [-0.25, -0.2) is 0 Å². The fourth-order valence-electron chi connectivity index (χ4n) is 1.98. The molecule has 0 aliphatic heterocycles. The van der Waals surface area contributed by atoms with Gasteiger partial charge >= 0.3 is 5.97 Å². The molecular weight excluding hydrogens is 288 g/mol. The summed E-state index contributed by atoms with van der Waals surface area (Å²) in [5.41, 5.74) is 0.780. The molecule has 0 bridgehead atoms. The van der Waals surface area contributed by atoms with E-state index in [0.717, 1.165) is 18.4 Å². The number of non-ortho nitro benzene ring substituents is 1. The monoisotopic (exact) mass is 308 g/mol. The summed E-state index contributed by atoms with van der Waals surface area (Å²) in [7, 11) is 0. The SMILES string of the molecule is O=C(O)CCCCCNC(=O)CCc1cccc([N+](=O)[O-])c1. The molecule has 7 nitrogen and oxygen atoms in total. The number of carbonyl (C=O) groups excluding carboxylic acids is 1. The minimum Gasteiger partial charge on any atom is -0.481 e. The molecule has 2 N–H and O–H groups in total. The Morgan fingerprint density at radius 2 is 1.95 bits per heavy atom. The first-order valence-corrected chi connectivity index (χ1v) is 7.21. The summed E-state index contributed by atoms with van der Waals surface area (Å²) in [6.07, 6.45) is 3.00. The molecule has 1 rings (SSSR count). The van der Waals surface area contributed by atoms with Crippen LogP contribution in [0.2, 0.25) is 0 Å². The van der Waals surface area contributed by atoms with Crippen LogP contribution in [0.5, 0.6) is 0 Å². The van der Waals surface area contributed by atoms with Crippen molar-refractivity contribution < 1.29 is 19.6 Å². The standard InChI is InChI=1S/C15H20N2O5/c18-14(16-10-3-1-2-7-15(19)20)9-8-12-5-4-6-13(11-12)17(21)22/h4-6,11H,1-3,7-10H2,(H,16,18)(H,19,20). The highest BCUT2D eigenvalue weighted by Crippen LogP contribution is 2.14. The summed E-state index contributed by atoms with van der Waals surface area (Å²) < 4.78 is 0. The normalized spacial score (nSPS) is 10.2. The Morgan fingerprint density at radius 3 is 2.64 bits per heavy atom. The quantitative estimate of drug-likeness (QED) is 0.391. The average molecular weight is 308 g/mol. The van der Waals surface area contributed by atoms with Gasteiger partial charge < -0.3 is 10.4 Å². The number of nitrogens with one attached hydrogen (secondary N) is 1. The number of nitro benzene ring substituents is 1. The van der Waals surface area contributed by atoms with Crippen LogP contribution in [0.1, 0.15) is 37.7 Å². The molecule has 0 atom stereocenters. The van der Waals surface area contributed by atoms with Crippen LogP contribution in [-0.4, -0.2) is 28.5 Å². The first-order valence-electron chi connectivity index (χ1n) is 7.21. The molecule has 0 spiro atoms. The first kappa shape index (κ1) is 17.6. The van der Waals surface area contributed by atoms with E-state index in [-0.39, 0.29) is 24.4 Å². The molecule has 0 aliphatic rings. The van der Waals surface area contributed by atoms with Crippen molar-refractivity contribution in [1.29, 1.82) is 0 Å². The van der Waals surface area contributed by atoms with Gasteiger partial charge in [0.2, 0.25) is 5.91 Å². The zero-order valence-corrected chi connectivity index (χ0v) is 12.3. The van der Waals surface area contributed by atoms with Gasteiger partial charge in [0.05, 0.1) is 4.92 Å². The van der Waals surface area contributed by atoms with Crippen molar-refractivity contribution in [2.75, 3.05) is 6.54 Å². The number of aryl methyl sites for hydroxylation is 1. The third-order valence-electron chi connectivity index (χ3n) is 3.15. The van der Waals surface area contributed by atoms with Crippen LogP contribution < -0.4 is 5.32 Å². The maximum atomic E-state index is 11.6. The second-order valence-corrected chi connectivity index (χ2v) is 4.98. The lowest BCUT2D eigenvalue weighted by Gasteiger charge is -2.05. The highest BCUT2D eigenvalue weighted by molar-refractivity contribution is 5.76. The number of rotatable bonds is 10. The summed E-state index contributed by atoms with van der Waals surface area (Å²) in [5, 5.41) is 21.9. The minimum atomic E-state index is -0.805. The molecule has 0 radical (unpaired) electrons. The zero-order valence-electron chi connectivity index (χ0n) is 12.3. The molecule has 0 aromatic heterocycles. The van der Waals surface area contributed by atoms with Crippen LogP contribution >= 0.6 is 0 Å². The largest absolute Gasteiger partial charge is 0.481 e. The lowest BCUT2D eigenvalue weighted by atomic mass is 10.1. The molecular formula is C15H20N2O5. The second-order valence-electron chi connectivity index (χ2n) is 4.98. The molecule has 0 saturated carbocycles. The Hall–Kier alpha value is -2.44. The van der Waals surface area contributed by atoms with Crippen molar-refractivity contribution in [3.05, 3.63) is 39.9 Å². The molecule has 0 aliphatic carbocycles. The highest BCUT2D eigenvalue weighted by atomic mass is 16.6. The van der Waals surface area contributed by atoms with Crippen molar-refractivity contribution >= 4 is 17.6 Å². The van der Waals surface area contributed by atoms with Gasteiger partial charge in [0.15, 0.2) is 0 Å². The fourth-order valence-corrected chi connectivity index (χ4v) is 1.98. The van der Waals surface area contributed by atoms with Crippen LogP contribution in [0.3, 0.4) is 0 Å². The predicted octanol–water partition coefficient (Wildman–Crippen LogP) is 2.29. The van der Waals surface area contributed by atoms with Crippen LogP contribution in [0.4, 0.5) is 5.69 Å². The summed E-state index contributed by atoms with van der Waals surface area (Å²) in [6.45, 7) is 0.521. The van der Waals surface area contributed by atoms with E-state index in [1.165, 1.54) is 12.1 Å². The van der Waals surface area contributed by atoms with Gasteiger partial charge in [-0.15, -0.1) is 0 Å². The third-order valence-corrected chi connectivity index (χ3v) is 3.15. The molecule has 0 heterocycles. The minimum absolute atomic E-state index is 0.0244. The highest BCUT2D eigenvalue weighted by Gasteiger charge is 2.07. The van der Waals surface area contributed by atoms with Gasteiger partial charge in [-0.2, -0.15) is 0 Å². The van der Waals surface area contributed by atoms with Gasteiger partial charge in [-0.05, 0) is 24.8 Å². The molecule has 1 aromatic rings. The number of nitrogens with zero attached hydrogens (tertiary/aromatic N) is 1. The number of benzene rings is 1. The second kappa shape index (κ2) is 9.49. The number of carboxylic acid groups (broad SMARTS) is 1. The fraction of sp³-hybridized carbons (Fsp3) is 0.467. The summed E-state index contributed by atoms with van der Waals surface area (Å²) >= 11 is 0. The van der Waals surface area contributed by atoms with Gasteiger partial charge in [0.1, 0.15) is 0 Å². The van der Waals surface area contributed by atoms with Crippen molar-refractivity contribution in [2.24, 2.45) is 0 Å². The van der Waals surface area contributed by atoms with E-state index in [1.807, 2.05) is 0 Å². The summed E-state index contributed by atoms with van der Waals surface area (Å²) in [4.78, 5) is 32.1. The average Bonchev–Trinajstić information content (AvgIpc) is 2.48. The lowest BCUT2D eigenvalue weighted by molar-refractivity contribution is -0.384. The van der Waals surface area contributed by atoms with Gasteiger partial charge in [-0.1, -0.05) is 18.6 Å². The van der Waals surface area contributed by atoms with Crippen LogP contribution in [0.25, 0.3) is 0 Å². The Kier molecular flexibility index (Phi) is 7.60. The van der Waals surface area contributed by atoms with Gasteiger partial charge in [0.25, 0.3) is 5.69 Å². The number of carboxylic acids is 1. The number of hydrogen-bond acceptors (Lipinski definition) is 4. The van der Waals surface area contributed by atoms with Gasteiger partial charge in [-0.3, -0.25) is 19.7 Å². The van der Waals surface area contributed by atoms with E-state index in [0.29, 0.717) is 19.4 Å². The molecule has 1 aromatic carbocycles. The van der Waals surface area contributed by atoms with E-state index in [4.69, 9.17) is 5.11 Å². The zero-order chi connectivity index (χ0) is 16.4. The lowest BCUT2D eigenvalue weighted by Crippen LogP contribution is -2.24. The van der Waals surface area contributed by atoms with Crippen molar-refractivity contribution in [3.63, 3.8) is 0 Å². The number of carbonyl (C=O) groups is 2. The maximum absolute atomic E-state index is 11.6. The smallest absolute Gasteiger partial charge is 0.303 e. The van der Waals surface area contributed by atoms with Crippen LogP contribution in [0, 0.1) is 10.1 Å². The molecule has 0 unspecified atom stereocenters. The first-order chi connectivity index (χ1) is 10.5. The van der Waals surface area contributed by atoms with Crippen LogP contribution in [0.15, 0.2) is 24.3 Å². The van der Waals surface area contributed by atoms with E-state index in [1.54, 1.807) is 12.1 Å². The number of unbranched alkanes of at least 4 members (excludes halogenated alkanes) is 2. The van der Waals surface area contributed by atoms with Crippen molar-refractivity contribution in [1.82, 2.24) is 5.32 Å². The molecule has 0 fully saturated rings. The topological polar surface area (TPSA) is 110 Å². The van der Waals surface area contributed by atoms with E-state index in [9.17, 15) is 19.7 Å². The Labute approximate surface area is 128 Å². The predicted molar refractivity (Wildman–Crippen MR) is 80.5 cm³/mol. The van der Waals surface area contributed by atoms with Crippen LogP contribution in [-0.2, 0) is 16.0 Å². The number of hydrogen-bond donors (Lipinski definition) is 2. The summed E-state index contributed by atoms with van der Waals surface area (Å²) in [5.74, 6) is -0.911. The van der Waals surface area contributed by atoms with Crippen molar-refractivity contribution in [3.8, 4) is 0 Å². The van der Waals surface area contributed by atoms with E-state index in [2.05, 4.69) is 5.32 Å². The molecule has 22 heavy (non-hydrogen) atoms. The molecule has 7 heteroatoms.